The van der Waals surface area contributed by atoms with Crippen LogP contribution in [0.5, 0.6) is 0 Å². The average molecular weight is 224 g/mol. The van der Waals surface area contributed by atoms with Crippen molar-refractivity contribution in [2.75, 3.05) is 7.11 Å². The zero-order valence-corrected chi connectivity index (χ0v) is 10.4. The van der Waals surface area contributed by atoms with Crippen molar-refractivity contribution < 1.29 is 10.2 Å². The summed E-state index contributed by atoms with van der Waals surface area (Å²) in [7, 11) is 1.00. The summed E-state index contributed by atoms with van der Waals surface area (Å²) in [6.45, 7) is 2.08. The third-order valence-corrected chi connectivity index (χ3v) is 2.52. The standard InChI is InChI=1S/C7H8.C6H12O.CH4O/c1-7-5-3-2-4-6-7;7-6-4-2-1-3-5-6;1-2/h2-6H,1H3;6-7H,1-5H2;2H,1H3. The summed E-state index contributed by atoms with van der Waals surface area (Å²) in [5.74, 6) is 0. The first-order valence-corrected chi connectivity index (χ1v) is 5.93. The Morgan fingerprint density at radius 3 is 1.69 bits per heavy atom. The van der Waals surface area contributed by atoms with E-state index in [2.05, 4.69) is 19.1 Å². The maximum absolute atomic E-state index is 8.91. The molecule has 0 bridgehead atoms. The molecule has 1 aromatic rings. The van der Waals surface area contributed by atoms with E-state index in [1.807, 2.05) is 18.2 Å². The largest absolute Gasteiger partial charge is 0.400 e. The summed E-state index contributed by atoms with van der Waals surface area (Å²) in [4.78, 5) is 0. The van der Waals surface area contributed by atoms with Gasteiger partial charge < -0.3 is 10.2 Å². The average Bonchev–Trinajstić information content (AvgIpc) is 2.34. The fourth-order valence-corrected chi connectivity index (χ4v) is 1.62. The normalized spacial score (nSPS) is 15.2. The highest BCUT2D eigenvalue weighted by atomic mass is 16.3. The van der Waals surface area contributed by atoms with Crippen molar-refractivity contribution in [3.05, 3.63) is 35.9 Å². The lowest BCUT2D eigenvalue weighted by molar-refractivity contribution is 0.130. The number of aliphatic hydroxyl groups is 2. The lowest BCUT2D eigenvalue weighted by atomic mass is 9.98. The molecule has 16 heavy (non-hydrogen) atoms. The lowest BCUT2D eigenvalue weighted by Gasteiger charge is -2.14. The molecule has 1 saturated carbocycles. The molecule has 0 spiro atoms. The van der Waals surface area contributed by atoms with Gasteiger partial charge in [-0.3, -0.25) is 0 Å². The highest BCUT2D eigenvalue weighted by Crippen LogP contribution is 2.16. The first kappa shape index (κ1) is 15.1. The van der Waals surface area contributed by atoms with E-state index >= 15 is 0 Å². The molecule has 2 rings (SSSR count). The van der Waals surface area contributed by atoms with Gasteiger partial charge in [0.1, 0.15) is 0 Å². The van der Waals surface area contributed by atoms with Crippen LogP contribution in [0.2, 0.25) is 0 Å². The van der Waals surface area contributed by atoms with E-state index in [-0.39, 0.29) is 6.10 Å². The number of aliphatic hydroxyl groups excluding tert-OH is 2. The van der Waals surface area contributed by atoms with Crippen LogP contribution in [0.1, 0.15) is 37.7 Å². The summed E-state index contributed by atoms with van der Waals surface area (Å²) in [5.41, 5.74) is 1.32. The molecule has 92 valence electrons. The molecule has 0 atom stereocenters. The Hall–Kier alpha value is -0.860. The van der Waals surface area contributed by atoms with Gasteiger partial charge in [-0.15, -0.1) is 0 Å². The van der Waals surface area contributed by atoms with Crippen LogP contribution in [0.15, 0.2) is 30.3 Å². The lowest BCUT2D eigenvalue weighted by Crippen LogP contribution is -2.09. The van der Waals surface area contributed by atoms with E-state index in [0.717, 1.165) is 20.0 Å². The molecule has 0 heterocycles. The summed E-state index contributed by atoms with van der Waals surface area (Å²) in [6.07, 6.45) is 5.92. The third-order valence-electron chi connectivity index (χ3n) is 2.52. The van der Waals surface area contributed by atoms with Crippen LogP contribution in [0.3, 0.4) is 0 Å². The van der Waals surface area contributed by atoms with Crippen molar-refractivity contribution in [1.29, 1.82) is 0 Å². The van der Waals surface area contributed by atoms with Crippen molar-refractivity contribution in [1.82, 2.24) is 0 Å². The number of aryl methyl sites for hydroxylation is 1. The Labute approximate surface area is 98.9 Å². The van der Waals surface area contributed by atoms with Gasteiger partial charge in [0.2, 0.25) is 0 Å². The van der Waals surface area contributed by atoms with Crippen LogP contribution >= 0.6 is 0 Å². The second kappa shape index (κ2) is 10.7. The van der Waals surface area contributed by atoms with Crippen LogP contribution in [-0.4, -0.2) is 23.4 Å². The summed E-state index contributed by atoms with van der Waals surface area (Å²) >= 11 is 0. The molecule has 0 aliphatic heterocycles. The highest BCUT2D eigenvalue weighted by Gasteiger charge is 2.07. The topological polar surface area (TPSA) is 40.5 Å². The van der Waals surface area contributed by atoms with Gasteiger partial charge in [0, 0.05) is 7.11 Å². The van der Waals surface area contributed by atoms with Crippen LogP contribution in [-0.2, 0) is 0 Å². The van der Waals surface area contributed by atoms with Gasteiger partial charge in [0.15, 0.2) is 0 Å². The Kier molecular flexibility index (Phi) is 10.1. The molecule has 0 saturated heterocycles. The summed E-state index contributed by atoms with van der Waals surface area (Å²) < 4.78 is 0. The smallest absolute Gasteiger partial charge is 0.0540 e. The number of hydrogen-bond acceptors (Lipinski definition) is 2. The Bertz CT molecular complexity index is 228. The minimum Gasteiger partial charge on any atom is -0.400 e. The van der Waals surface area contributed by atoms with Crippen molar-refractivity contribution in [2.24, 2.45) is 0 Å². The van der Waals surface area contributed by atoms with Crippen molar-refractivity contribution >= 4 is 0 Å². The fraction of sp³-hybridized carbons (Fsp3) is 0.571. The van der Waals surface area contributed by atoms with Gasteiger partial charge in [-0.25, -0.2) is 0 Å². The van der Waals surface area contributed by atoms with E-state index in [1.165, 1.54) is 24.8 Å². The van der Waals surface area contributed by atoms with Crippen LogP contribution in [0, 0.1) is 6.92 Å². The second-order valence-corrected chi connectivity index (χ2v) is 3.95. The Balaban J connectivity index is 0.000000244. The molecular formula is C14H24O2. The number of benzene rings is 1. The molecule has 0 radical (unpaired) electrons. The SMILES string of the molecule is CO.Cc1ccccc1.OC1CCCCC1. The third kappa shape index (κ3) is 8.45. The Morgan fingerprint density at radius 1 is 0.938 bits per heavy atom. The van der Waals surface area contributed by atoms with Crippen LogP contribution < -0.4 is 0 Å². The van der Waals surface area contributed by atoms with E-state index in [4.69, 9.17) is 10.2 Å². The van der Waals surface area contributed by atoms with E-state index in [1.54, 1.807) is 0 Å². The molecule has 0 aromatic heterocycles. The molecule has 1 aromatic carbocycles. The van der Waals surface area contributed by atoms with Gasteiger partial charge >= 0.3 is 0 Å². The number of hydrogen-bond donors (Lipinski definition) is 2. The van der Waals surface area contributed by atoms with Gasteiger partial charge in [-0.2, -0.15) is 0 Å². The van der Waals surface area contributed by atoms with Crippen molar-refractivity contribution in [3.63, 3.8) is 0 Å². The fourth-order valence-electron chi connectivity index (χ4n) is 1.62. The maximum atomic E-state index is 8.91. The van der Waals surface area contributed by atoms with Crippen molar-refractivity contribution in [3.8, 4) is 0 Å². The second-order valence-electron chi connectivity index (χ2n) is 3.95. The molecule has 1 aliphatic carbocycles. The molecule has 2 heteroatoms. The van der Waals surface area contributed by atoms with Gasteiger partial charge in [-0.05, 0) is 19.8 Å². The Morgan fingerprint density at radius 2 is 1.44 bits per heavy atom. The van der Waals surface area contributed by atoms with Crippen LogP contribution in [0.25, 0.3) is 0 Å². The monoisotopic (exact) mass is 224 g/mol. The van der Waals surface area contributed by atoms with Gasteiger partial charge in [0.05, 0.1) is 6.10 Å². The molecule has 0 amide bonds. The molecule has 1 fully saturated rings. The zero-order chi connectivity index (χ0) is 12.2. The molecule has 2 nitrogen and oxygen atoms in total. The van der Waals surface area contributed by atoms with E-state index in [9.17, 15) is 0 Å². The van der Waals surface area contributed by atoms with E-state index in [0.29, 0.717) is 0 Å². The van der Waals surface area contributed by atoms with Gasteiger partial charge in [-0.1, -0.05) is 55.2 Å². The predicted molar refractivity (Wildman–Crippen MR) is 68.4 cm³/mol. The first-order chi connectivity index (χ1) is 7.79. The molecule has 1 aliphatic rings. The summed E-state index contributed by atoms with van der Waals surface area (Å²) in [5, 5.41) is 15.9. The highest BCUT2D eigenvalue weighted by molar-refractivity contribution is 5.11. The first-order valence-electron chi connectivity index (χ1n) is 5.93. The minimum absolute atomic E-state index is 0.0359. The zero-order valence-electron chi connectivity index (χ0n) is 10.4. The molecular weight excluding hydrogens is 200 g/mol. The quantitative estimate of drug-likeness (QED) is 0.711. The predicted octanol–water partition coefficient (Wildman–Crippen LogP) is 2.91. The van der Waals surface area contributed by atoms with Crippen LogP contribution in [0.4, 0.5) is 0 Å². The minimum atomic E-state index is 0.0359. The molecule has 0 unspecified atom stereocenters. The molecule has 2 N–H and O–H groups in total. The number of rotatable bonds is 0. The van der Waals surface area contributed by atoms with Crippen molar-refractivity contribution in [2.45, 2.75) is 45.1 Å². The maximum Gasteiger partial charge on any atom is 0.0540 e. The van der Waals surface area contributed by atoms with Gasteiger partial charge in [0.25, 0.3) is 0 Å². The summed E-state index contributed by atoms with van der Waals surface area (Å²) in [6, 6.07) is 10.3. The van der Waals surface area contributed by atoms with E-state index < -0.39 is 0 Å².